The Morgan fingerprint density at radius 3 is 2.67 bits per heavy atom. The molecule has 0 unspecified atom stereocenters. The van der Waals surface area contributed by atoms with E-state index in [0.29, 0.717) is 5.56 Å². The summed E-state index contributed by atoms with van der Waals surface area (Å²) in [6, 6.07) is 7.60. The number of nitrogens with two attached hydrogens (primary N) is 1. The molecule has 3 N–H and O–H groups in total. The van der Waals surface area contributed by atoms with Gasteiger partial charge in [0.25, 0.3) is 11.6 Å². The lowest BCUT2D eigenvalue weighted by Gasteiger charge is -2.09. The van der Waals surface area contributed by atoms with E-state index in [9.17, 15) is 19.3 Å². The van der Waals surface area contributed by atoms with Crippen LogP contribution >= 0.6 is 0 Å². The quantitative estimate of drug-likeness (QED) is 0.515. The van der Waals surface area contributed by atoms with Crippen molar-refractivity contribution in [3.05, 3.63) is 63.5 Å². The molecule has 0 fully saturated rings. The first kappa shape index (κ1) is 14.4. The zero-order valence-corrected chi connectivity index (χ0v) is 11.1. The van der Waals surface area contributed by atoms with Gasteiger partial charge in [0.15, 0.2) is 0 Å². The molecule has 1 amide bonds. The maximum atomic E-state index is 13.2. The number of nitrogens with one attached hydrogen (secondary N) is 1. The van der Waals surface area contributed by atoms with Crippen LogP contribution < -0.4 is 11.1 Å². The molecular formula is C14H12FN3O3. The Kier molecular flexibility index (Phi) is 3.84. The van der Waals surface area contributed by atoms with Gasteiger partial charge < -0.3 is 11.1 Å². The van der Waals surface area contributed by atoms with Gasteiger partial charge in [-0.15, -0.1) is 0 Å². The molecule has 0 spiro atoms. The molecule has 6 nitrogen and oxygen atoms in total. The second-order valence-electron chi connectivity index (χ2n) is 4.45. The van der Waals surface area contributed by atoms with Crippen LogP contribution in [0.15, 0.2) is 36.4 Å². The molecule has 0 bridgehead atoms. The number of halogens is 1. The molecule has 0 heterocycles. The second kappa shape index (κ2) is 5.58. The molecule has 0 aliphatic heterocycles. The fraction of sp³-hybridized carbons (Fsp3) is 0.0714. The van der Waals surface area contributed by atoms with E-state index in [1.54, 1.807) is 6.92 Å². The van der Waals surface area contributed by atoms with Crippen LogP contribution in [0.2, 0.25) is 0 Å². The van der Waals surface area contributed by atoms with Gasteiger partial charge in [-0.1, -0.05) is 6.07 Å². The maximum absolute atomic E-state index is 13.2. The molecule has 2 aromatic carbocycles. The molecule has 0 saturated heterocycles. The Morgan fingerprint density at radius 1 is 1.29 bits per heavy atom. The predicted octanol–water partition coefficient (Wildman–Crippen LogP) is 2.88. The fourth-order valence-electron chi connectivity index (χ4n) is 1.81. The number of hydrogen-bond donors (Lipinski definition) is 2. The Balaban J connectivity index is 2.39. The molecule has 0 atom stereocenters. The first-order valence-electron chi connectivity index (χ1n) is 6.00. The van der Waals surface area contributed by atoms with Gasteiger partial charge >= 0.3 is 0 Å². The first-order valence-corrected chi connectivity index (χ1v) is 6.00. The van der Waals surface area contributed by atoms with Gasteiger partial charge in [-0.3, -0.25) is 14.9 Å². The normalized spacial score (nSPS) is 10.2. The largest absolute Gasteiger partial charge is 0.399 e. The van der Waals surface area contributed by atoms with Gasteiger partial charge in [0.05, 0.1) is 4.92 Å². The number of carbonyl (C=O) groups is 1. The minimum absolute atomic E-state index is 0.177. The van der Waals surface area contributed by atoms with Crippen molar-refractivity contribution < 1.29 is 14.1 Å². The van der Waals surface area contributed by atoms with Crippen LogP contribution in [0.3, 0.4) is 0 Å². The SMILES string of the molecule is Cc1ccc(F)cc1NC(=O)c1cc(N)ccc1[N+](=O)[O-]. The zero-order chi connectivity index (χ0) is 15.6. The number of aryl methyl sites for hydroxylation is 1. The van der Waals surface area contributed by atoms with Crippen molar-refractivity contribution in [2.75, 3.05) is 11.1 Å². The highest BCUT2D eigenvalue weighted by molar-refractivity contribution is 6.07. The van der Waals surface area contributed by atoms with Crippen LogP contribution in [-0.4, -0.2) is 10.8 Å². The summed E-state index contributed by atoms with van der Waals surface area (Å²) in [5, 5.41) is 13.4. The summed E-state index contributed by atoms with van der Waals surface area (Å²) in [6.45, 7) is 1.68. The van der Waals surface area contributed by atoms with Crippen molar-refractivity contribution in [3.8, 4) is 0 Å². The number of anilines is 2. The van der Waals surface area contributed by atoms with E-state index >= 15 is 0 Å². The number of benzene rings is 2. The van der Waals surface area contributed by atoms with Gasteiger partial charge in [-0.2, -0.15) is 0 Å². The summed E-state index contributed by atoms with van der Waals surface area (Å²) in [5.41, 5.74) is 6.11. The van der Waals surface area contributed by atoms with Crippen molar-refractivity contribution in [2.24, 2.45) is 0 Å². The van der Waals surface area contributed by atoms with E-state index in [0.717, 1.165) is 12.1 Å². The number of hydrogen-bond acceptors (Lipinski definition) is 4. The number of nitrogens with zero attached hydrogens (tertiary/aromatic N) is 1. The number of nitro groups is 1. The van der Waals surface area contributed by atoms with E-state index in [-0.39, 0.29) is 22.6 Å². The van der Waals surface area contributed by atoms with E-state index in [1.807, 2.05) is 0 Å². The van der Waals surface area contributed by atoms with E-state index in [4.69, 9.17) is 5.73 Å². The average Bonchev–Trinajstić information content (AvgIpc) is 2.42. The smallest absolute Gasteiger partial charge is 0.282 e. The summed E-state index contributed by atoms with van der Waals surface area (Å²) in [4.78, 5) is 22.4. The fourth-order valence-corrected chi connectivity index (χ4v) is 1.81. The van der Waals surface area contributed by atoms with Crippen molar-refractivity contribution in [1.29, 1.82) is 0 Å². The van der Waals surface area contributed by atoms with Crippen LogP contribution in [0.4, 0.5) is 21.5 Å². The lowest BCUT2D eigenvalue weighted by Crippen LogP contribution is -2.15. The Hall–Kier alpha value is -2.96. The van der Waals surface area contributed by atoms with Crippen LogP contribution in [-0.2, 0) is 0 Å². The van der Waals surface area contributed by atoms with Crippen molar-refractivity contribution in [3.63, 3.8) is 0 Å². The summed E-state index contributed by atoms with van der Waals surface area (Å²) in [6.07, 6.45) is 0. The number of nitro benzene ring substituents is 1. The summed E-state index contributed by atoms with van der Waals surface area (Å²) < 4.78 is 13.2. The van der Waals surface area contributed by atoms with Crippen molar-refractivity contribution >= 4 is 23.0 Å². The molecule has 21 heavy (non-hydrogen) atoms. The highest BCUT2D eigenvalue weighted by Gasteiger charge is 2.21. The minimum atomic E-state index is -0.720. The predicted molar refractivity (Wildman–Crippen MR) is 76.6 cm³/mol. The number of rotatable bonds is 3. The molecular weight excluding hydrogens is 277 g/mol. The van der Waals surface area contributed by atoms with Gasteiger partial charge in [0, 0.05) is 17.4 Å². The van der Waals surface area contributed by atoms with Crippen molar-refractivity contribution in [1.82, 2.24) is 0 Å². The molecule has 0 radical (unpaired) electrons. The third-order valence-electron chi connectivity index (χ3n) is 2.91. The van der Waals surface area contributed by atoms with Crippen molar-refractivity contribution in [2.45, 2.75) is 6.92 Å². The van der Waals surface area contributed by atoms with Crippen LogP contribution in [0.25, 0.3) is 0 Å². The number of carbonyl (C=O) groups excluding carboxylic acids is 1. The van der Waals surface area contributed by atoms with Crippen LogP contribution in [0, 0.1) is 22.9 Å². The third kappa shape index (κ3) is 3.14. The monoisotopic (exact) mass is 289 g/mol. The lowest BCUT2D eigenvalue weighted by atomic mass is 10.1. The minimum Gasteiger partial charge on any atom is -0.399 e. The molecule has 2 aromatic rings. The van der Waals surface area contributed by atoms with E-state index in [1.165, 1.54) is 24.3 Å². The summed E-state index contributed by atoms with van der Waals surface area (Å²) in [5.74, 6) is -1.24. The maximum Gasteiger partial charge on any atom is 0.282 e. The van der Waals surface area contributed by atoms with E-state index < -0.39 is 16.6 Å². The Bertz CT molecular complexity index is 731. The third-order valence-corrected chi connectivity index (χ3v) is 2.91. The molecule has 7 heteroatoms. The van der Waals surface area contributed by atoms with Crippen LogP contribution in [0.1, 0.15) is 15.9 Å². The highest BCUT2D eigenvalue weighted by Crippen LogP contribution is 2.23. The van der Waals surface area contributed by atoms with Gasteiger partial charge in [0.2, 0.25) is 0 Å². The molecule has 0 saturated carbocycles. The van der Waals surface area contributed by atoms with Gasteiger partial charge in [0.1, 0.15) is 11.4 Å². The molecule has 0 aliphatic rings. The molecule has 2 rings (SSSR count). The highest BCUT2D eigenvalue weighted by atomic mass is 19.1. The number of nitrogen functional groups attached to an aromatic ring is 1. The lowest BCUT2D eigenvalue weighted by molar-refractivity contribution is -0.385. The summed E-state index contributed by atoms with van der Waals surface area (Å²) >= 11 is 0. The van der Waals surface area contributed by atoms with Crippen LogP contribution in [0.5, 0.6) is 0 Å². The standard InChI is InChI=1S/C14H12FN3O3/c1-8-2-3-9(15)6-12(8)17-14(19)11-7-10(16)4-5-13(11)18(20)21/h2-7H,16H2,1H3,(H,17,19). The summed E-state index contributed by atoms with van der Waals surface area (Å²) in [7, 11) is 0. The molecule has 108 valence electrons. The topological polar surface area (TPSA) is 98.3 Å². The second-order valence-corrected chi connectivity index (χ2v) is 4.45. The Labute approximate surface area is 119 Å². The Morgan fingerprint density at radius 2 is 2.00 bits per heavy atom. The zero-order valence-electron chi connectivity index (χ0n) is 11.1. The first-order chi connectivity index (χ1) is 9.88. The van der Waals surface area contributed by atoms with E-state index in [2.05, 4.69) is 5.32 Å². The average molecular weight is 289 g/mol. The number of amides is 1. The molecule has 0 aromatic heterocycles. The molecule has 0 aliphatic carbocycles. The van der Waals surface area contributed by atoms with Gasteiger partial charge in [-0.05, 0) is 36.8 Å². The van der Waals surface area contributed by atoms with Gasteiger partial charge in [-0.25, -0.2) is 4.39 Å².